The average molecular weight is 779 g/mol. The first-order valence-corrected chi connectivity index (χ1v) is 24.4. The molecule has 0 N–H and O–H groups in total. The molecule has 1 atom stereocenters. The molecule has 0 saturated carbocycles. The zero-order valence-electron chi connectivity index (χ0n) is 37.4. The predicted octanol–water partition coefficient (Wildman–Crippen LogP) is 15.5. The van der Waals surface area contributed by atoms with Gasteiger partial charge in [-0.3, -0.25) is 14.4 Å². The fourth-order valence-corrected chi connectivity index (χ4v) is 7.33. The fourth-order valence-electron chi connectivity index (χ4n) is 7.33. The summed E-state index contributed by atoms with van der Waals surface area (Å²) in [7, 11) is 0. The molecule has 0 aliphatic heterocycles. The van der Waals surface area contributed by atoms with Gasteiger partial charge >= 0.3 is 17.9 Å². The number of unbranched alkanes of at least 4 members (excludes halogenated alkanes) is 31. The van der Waals surface area contributed by atoms with Gasteiger partial charge < -0.3 is 14.2 Å². The van der Waals surface area contributed by atoms with Crippen LogP contribution in [-0.4, -0.2) is 37.2 Å². The lowest BCUT2D eigenvalue weighted by Crippen LogP contribution is -2.30. The molecule has 0 radical (unpaired) electrons. The first-order valence-electron chi connectivity index (χ1n) is 24.4. The third kappa shape index (κ3) is 43.4. The second-order valence-corrected chi connectivity index (χ2v) is 17.2. The van der Waals surface area contributed by atoms with Crippen molar-refractivity contribution in [2.24, 2.45) is 5.92 Å². The topological polar surface area (TPSA) is 78.9 Å². The standard InChI is InChI=1S/C49H94O6/c1-5-7-9-11-13-23-28-32-36-40-47(50)53-43-46(55-49(52)42-38-34-30-24-14-12-10-8-6-2)44-54-48(51)41-37-33-29-26-22-20-18-16-15-17-19-21-25-27-31-35-39-45(3)4/h45-46H,5-44H2,1-4H3/t46-/m1/s1. The van der Waals surface area contributed by atoms with Crippen LogP contribution in [0.5, 0.6) is 0 Å². The highest BCUT2D eigenvalue weighted by molar-refractivity contribution is 5.71. The third-order valence-corrected chi connectivity index (χ3v) is 11.0. The molecule has 0 aliphatic rings. The van der Waals surface area contributed by atoms with E-state index in [1.165, 1.54) is 167 Å². The Morgan fingerprint density at radius 3 is 0.891 bits per heavy atom. The smallest absolute Gasteiger partial charge is 0.306 e. The summed E-state index contributed by atoms with van der Waals surface area (Å²) in [5.74, 6) is -0.00159. The summed E-state index contributed by atoms with van der Waals surface area (Å²) in [5.41, 5.74) is 0. The lowest BCUT2D eigenvalue weighted by Gasteiger charge is -2.18. The summed E-state index contributed by atoms with van der Waals surface area (Å²) in [6.07, 6.45) is 43.8. The lowest BCUT2D eigenvalue weighted by molar-refractivity contribution is -0.167. The molecule has 0 saturated heterocycles. The van der Waals surface area contributed by atoms with Crippen molar-refractivity contribution in [1.82, 2.24) is 0 Å². The van der Waals surface area contributed by atoms with Crippen molar-refractivity contribution in [2.75, 3.05) is 13.2 Å². The summed E-state index contributed by atoms with van der Waals surface area (Å²) in [6.45, 7) is 8.99. The summed E-state index contributed by atoms with van der Waals surface area (Å²) >= 11 is 0. The molecule has 0 bridgehead atoms. The Morgan fingerprint density at radius 2 is 0.600 bits per heavy atom. The number of hydrogen-bond acceptors (Lipinski definition) is 6. The quantitative estimate of drug-likeness (QED) is 0.0348. The van der Waals surface area contributed by atoms with Gasteiger partial charge in [0, 0.05) is 19.3 Å². The normalized spacial score (nSPS) is 11.9. The summed E-state index contributed by atoms with van der Waals surface area (Å²) in [6, 6.07) is 0. The molecule has 6 nitrogen and oxygen atoms in total. The highest BCUT2D eigenvalue weighted by Gasteiger charge is 2.19. The van der Waals surface area contributed by atoms with Crippen molar-refractivity contribution in [1.29, 1.82) is 0 Å². The zero-order valence-corrected chi connectivity index (χ0v) is 37.4. The highest BCUT2D eigenvalue weighted by atomic mass is 16.6. The highest BCUT2D eigenvalue weighted by Crippen LogP contribution is 2.17. The number of rotatable bonds is 44. The average Bonchev–Trinajstić information content (AvgIpc) is 3.17. The van der Waals surface area contributed by atoms with E-state index in [9.17, 15) is 14.4 Å². The Balaban J connectivity index is 4.17. The minimum Gasteiger partial charge on any atom is -0.462 e. The van der Waals surface area contributed by atoms with Crippen LogP contribution in [0.2, 0.25) is 0 Å². The Kier molecular flexibility index (Phi) is 42.3. The zero-order chi connectivity index (χ0) is 40.3. The first kappa shape index (κ1) is 53.4. The maximum Gasteiger partial charge on any atom is 0.306 e. The van der Waals surface area contributed by atoms with Gasteiger partial charge in [0.05, 0.1) is 0 Å². The Bertz CT molecular complexity index is 826. The van der Waals surface area contributed by atoms with Gasteiger partial charge in [-0.05, 0) is 25.2 Å². The van der Waals surface area contributed by atoms with Crippen LogP contribution in [0.3, 0.4) is 0 Å². The molecule has 0 rings (SSSR count). The third-order valence-electron chi connectivity index (χ3n) is 11.0. The molecule has 0 aromatic carbocycles. The van der Waals surface area contributed by atoms with Crippen LogP contribution in [0.25, 0.3) is 0 Å². The van der Waals surface area contributed by atoms with E-state index in [4.69, 9.17) is 14.2 Å². The van der Waals surface area contributed by atoms with E-state index < -0.39 is 6.10 Å². The van der Waals surface area contributed by atoms with Gasteiger partial charge in [0.15, 0.2) is 6.10 Å². The summed E-state index contributed by atoms with van der Waals surface area (Å²) in [5, 5.41) is 0. The minimum atomic E-state index is -0.758. The molecule has 0 aromatic rings. The van der Waals surface area contributed by atoms with Gasteiger partial charge in [-0.1, -0.05) is 233 Å². The van der Waals surface area contributed by atoms with E-state index in [2.05, 4.69) is 27.7 Å². The number of ether oxygens (including phenoxy) is 3. The molecular weight excluding hydrogens is 685 g/mol. The minimum absolute atomic E-state index is 0.0634. The van der Waals surface area contributed by atoms with Crippen molar-refractivity contribution in [3.8, 4) is 0 Å². The maximum atomic E-state index is 12.7. The molecule has 0 unspecified atom stereocenters. The molecule has 326 valence electrons. The van der Waals surface area contributed by atoms with Crippen LogP contribution in [0.4, 0.5) is 0 Å². The van der Waals surface area contributed by atoms with Crippen LogP contribution in [-0.2, 0) is 28.6 Å². The predicted molar refractivity (Wildman–Crippen MR) is 233 cm³/mol. The van der Waals surface area contributed by atoms with Crippen LogP contribution < -0.4 is 0 Å². The van der Waals surface area contributed by atoms with Gasteiger partial charge in [0.25, 0.3) is 0 Å². The van der Waals surface area contributed by atoms with Crippen molar-refractivity contribution in [3.05, 3.63) is 0 Å². The maximum absolute atomic E-state index is 12.7. The molecule has 0 spiro atoms. The largest absolute Gasteiger partial charge is 0.462 e. The van der Waals surface area contributed by atoms with E-state index in [0.29, 0.717) is 19.3 Å². The molecule has 55 heavy (non-hydrogen) atoms. The molecule has 0 amide bonds. The second kappa shape index (κ2) is 43.5. The van der Waals surface area contributed by atoms with Crippen LogP contribution in [0.1, 0.15) is 272 Å². The Labute approximate surface area is 342 Å². The first-order chi connectivity index (χ1) is 26.9. The second-order valence-electron chi connectivity index (χ2n) is 17.2. The van der Waals surface area contributed by atoms with E-state index in [0.717, 1.165) is 63.7 Å². The van der Waals surface area contributed by atoms with E-state index in [1.54, 1.807) is 0 Å². The molecule has 0 heterocycles. The number of carbonyl (C=O) groups excluding carboxylic acids is 3. The molecule has 0 aliphatic carbocycles. The van der Waals surface area contributed by atoms with Gasteiger partial charge in [-0.25, -0.2) is 0 Å². The fraction of sp³-hybridized carbons (Fsp3) is 0.939. The number of esters is 3. The van der Waals surface area contributed by atoms with E-state index >= 15 is 0 Å². The summed E-state index contributed by atoms with van der Waals surface area (Å²) < 4.78 is 16.7. The van der Waals surface area contributed by atoms with Crippen molar-refractivity contribution < 1.29 is 28.6 Å². The van der Waals surface area contributed by atoms with Gasteiger partial charge in [-0.2, -0.15) is 0 Å². The molecule has 0 aromatic heterocycles. The summed E-state index contributed by atoms with van der Waals surface area (Å²) in [4.78, 5) is 37.7. The monoisotopic (exact) mass is 779 g/mol. The van der Waals surface area contributed by atoms with E-state index in [1.807, 2.05) is 0 Å². The van der Waals surface area contributed by atoms with Crippen molar-refractivity contribution in [2.45, 2.75) is 278 Å². The molecular formula is C49H94O6. The SMILES string of the molecule is CCCCCCCCCCCC(=O)OC[C@H](COC(=O)CCCCCCCCCCCCCCCCCCC(C)C)OC(=O)CCCCCCCCCCC. The van der Waals surface area contributed by atoms with Gasteiger partial charge in [-0.15, -0.1) is 0 Å². The van der Waals surface area contributed by atoms with Gasteiger partial charge in [0.2, 0.25) is 0 Å². The Morgan fingerprint density at radius 1 is 0.345 bits per heavy atom. The lowest BCUT2D eigenvalue weighted by atomic mass is 10.0. The van der Waals surface area contributed by atoms with Crippen molar-refractivity contribution in [3.63, 3.8) is 0 Å². The van der Waals surface area contributed by atoms with Gasteiger partial charge in [0.1, 0.15) is 13.2 Å². The Hall–Kier alpha value is -1.59. The number of carbonyl (C=O) groups is 3. The van der Waals surface area contributed by atoms with Crippen molar-refractivity contribution >= 4 is 17.9 Å². The van der Waals surface area contributed by atoms with E-state index in [-0.39, 0.29) is 31.1 Å². The molecule has 0 fully saturated rings. The molecule has 6 heteroatoms. The van der Waals surface area contributed by atoms with Crippen LogP contribution in [0, 0.1) is 5.92 Å². The van der Waals surface area contributed by atoms with Crippen LogP contribution >= 0.6 is 0 Å². The number of hydrogen-bond donors (Lipinski definition) is 0. The van der Waals surface area contributed by atoms with Crippen LogP contribution in [0.15, 0.2) is 0 Å².